The first-order chi connectivity index (χ1) is 14.6. The van der Waals surface area contributed by atoms with Crippen molar-refractivity contribution in [3.63, 3.8) is 0 Å². The van der Waals surface area contributed by atoms with E-state index < -0.39 is 12.2 Å². The third kappa shape index (κ3) is 8.15. The van der Waals surface area contributed by atoms with Crippen molar-refractivity contribution >= 4 is 0 Å². The summed E-state index contributed by atoms with van der Waals surface area (Å²) >= 11 is 0. The molecule has 0 aliphatic rings. The van der Waals surface area contributed by atoms with Crippen molar-refractivity contribution in [2.24, 2.45) is 0 Å². The number of likely N-dealkylation sites (N-methyl/N-ethyl adjacent to an activating group) is 2. The first-order valence-electron chi connectivity index (χ1n) is 10.7. The Balaban J connectivity index is 1.96. The Morgan fingerprint density at radius 1 is 0.677 bits per heavy atom. The Morgan fingerprint density at radius 3 is 1.29 bits per heavy atom. The van der Waals surface area contributed by atoms with E-state index in [1.807, 2.05) is 62.3 Å². The molecule has 172 valence electrons. The number of nitrogens with zero attached hydrogens (tertiary/aromatic N) is 2. The molecule has 0 spiro atoms. The largest absolute Gasteiger partial charge is 0.491 e. The first kappa shape index (κ1) is 25.1. The molecular formula is C25H38N2O4. The number of aliphatic hydroxyl groups is 2. The van der Waals surface area contributed by atoms with Gasteiger partial charge >= 0.3 is 0 Å². The molecule has 2 aromatic rings. The quantitative estimate of drug-likeness (QED) is 0.540. The summed E-state index contributed by atoms with van der Waals surface area (Å²) in [6.45, 7) is 6.04. The van der Waals surface area contributed by atoms with Crippen LogP contribution in [0.5, 0.6) is 11.5 Å². The standard InChI is InChI=1S/C25H38N2O4/c1-25(2,19-7-11-23(12-8-19)30-17-21(28)15-26(3)4)20-9-13-24(14-10-20)31-18-22(29)16-27(5)6/h7-14,21-22,28-29H,15-18H2,1-6H3/t21-,22+. The van der Waals surface area contributed by atoms with E-state index in [-0.39, 0.29) is 18.6 Å². The van der Waals surface area contributed by atoms with E-state index in [0.717, 1.165) is 11.5 Å². The molecular weight excluding hydrogens is 392 g/mol. The lowest BCUT2D eigenvalue weighted by Gasteiger charge is -2.27. The van der Waals surface area contributed by atoms with E-state index in [4.69, 9.17) is 9.47 Å². The first-order valence-corrected chi connectivity index (χ1v) is 10.7. The second-order valence-corrected chi connectivity index (χ2v) is 9.13. The molecule has 0 aromatic heterocycles. The molecule has 2 aromatic carbocycles. The van der Waals surface area contributed by atoms with E-state index in [1.54, 1.807) is 0 Å². The van der Waals surface area contributed by atoms with Gasteiger partial charge < -0.3 is 29.5 Å². The van der Waals surface area contributed by atoms with Crippen LogP contribution >= 0.6 is 0 Å². The average molecular weight is 431 g/mol. The zero-order chi connectivity index (χ0) is 23.0. The number of aliphatic hydroxyl groups excluding tert-OH is 2. The van der Waals surface area contributed by atoms with Crippen molar-refractivity contribution in [3.8, 4) is 11.5 Å². The second kappa shape index (κ2) is 11.5. The van der Waals surface area contributed by atoms with Crippen molar-refractivity contribution in [2.75, 3.05) is 54.5 Å². The maximum Gasteiger partial charge on any atom is 0.119 e. The molecule has 0 aliphatic carbocycles. The van der Waals surface area contributed by atoms with Gasteiger partial charge in [-0.2, -0.15) is 0 Å². The summed E-state index contributed by atoms with van der Waals surface area (Å²) in [6, 6.07) is 16.1. The van der Waals surface area contributed by atoms with E-state index in [1.165, 1.54) is 11.1 Å². The van der Waals surface area contributed by atoms with Crippen LogP contribution in [-0.2, 0) is 5.41 Å². The minimum atomic E-state index is -0.518. The summed E-state index contributed by atoms with van der Waals surface area (Å²) in [5, 5.41) is 19.9. The van der Waals surface area contributed by atoms with Crippen LogP contribution in [0.1, 0.15) is 25.0 Å². The Morgan fingerprint density at radius 2 is 1.00 bits per heavy atom. The van der Waals surface area contributed by atoms with Crippen LogP contribution in [0.3, 0.4) is 0 Å². The second-order valence-electron chi connectivity index (χ2n) is 9.13. The van der Waals surface area contributed by atoms with Crippen LogP contribution in [0.15, 0.2) is 48.5 Å². The maximum absolute atomic E-state index is 9.95. The molecule has 6 nitrogen and oxygen atoms in total. The van der Waals surface area contributed by atoms with Crippen LogP contribution in [0.4, 0.5) is 0 Å². The number of hydrogen-bond donors (Lipinski definition) is 2. The zero-order valence-corrected chi connectivity index (χ0v) is 19.7. The molecule has 0 aliphatic heterocycles. The Kier molecular flexibility index (Phi) is 9.32. The van der Waals surface area contributed by atoms with Gasteiger partial charge in [-0.1, -0.05) is 38.1 Å². The van der Waals surface area contributed by atoms with Gasteiger partial charge in [0.25, 0.3) is 0 Å². The molecule has 31 heavy (non-hydrogen) atoms. The average Bonchev–Trinajstić information content (AvgIpc) is 2.70. The highest BCUT2D eigenvalue weighted by molar-refractivity contribution is 5.41. The highest BCUT2D eigenvalue weighted by atomic mass is 16.5. The molecule has 0 fully saturated rings. The molecule has 0 saturated carbocycles. The number of hydrogen-bond acceptors (Lipinski definition) is 6. The smallest absolute Gasteiger partial charge is 0.119 e. The fraction of sp³-hybridized carbons (Fsp3) is 0.520. The van der Waals surface area contributed by atoms with Crippen LogP contribution in [0, 0.1) is 0 Å². The molecule has 0 heterocycles. The SMILES string of the molecule is CN(C)C[C@H](O)COc1ccc(C(C)(C)c2ccc(OC[C@H](O)CN(C)C)cc2)cc1. The van der Waals surface area contributed by atoms with Crippen LogP contribution in [0.25, 0.3) is 0 Å². The minimum absolute atomic E-state index is 0.189. The molecule has 0 radical (unpaired) electrons. The molecule has 0 unspecified atom stereocenters. The van der Waals surface area contributed by atoms with Gasteiger partial charge in [-0.3, -0.25) is 0 Å². The Hall–Kier alpha value is -2.12. The predicted molar refractivity (Wildman–Crippen MR) is 125 cm³/mol. The van der Waals surface area contributed by atoms with Gasteiger partial charge in [0.15, 0.2) is 0 Å². The van der Waals surface area contributed by atoms with Gasteiger partial charge in [0.05, 0.1) is 0 Å². The third-order valence-electron chi connectivity index (χ3n) is 5.19. The van der Waals surface area contributed by atoms with Crippen molar-refractivity contribution in [1.82, 2.24) is 9.80 Å². The Labute approximate surface area is 187 Å². The van der Waals surface area contributed by atoms with Gasteiger partial charge in [-0.25, -0.2) is 0 Å². The number of rotatable bonds is 12. The van der Waals surface area contributed by atoms with Crippen molar-refractivity contribution in [1.29, 1.82) is 0 Å². The Bertz CT molecular complexity index is 708. The summed E-state index contributed by atoms with van der Waals surface area (Å²) in [7, 11) is 7.70. The summed E-state index contributed by atoms with van der Waals surface area (Å²) in [4.78, 5) is 3.86. The van der Waals surface area contributed by atoms with Crippen LogP contribution in [-0.4, -0.2) is 86.7 Å². The third-order valence-corrected chi connectivity index (χ3v) is 5.19. The summed E-state index contributed by atoms with van der Waals surface area (Å²) in [5.74, 6) is 1.50. The van der Waals surface area contributed by atoms with Crippen LogP contribution in [0.2, 0.25) is 0 Å². The number of ether oxygens (including phenoxy) is 2. The normalized spacial score (nSPS) is 14.0. The molecule has 0 amide bonds. The molecule has 0 bridgehead atoms. The molecule has 2 N–H and O–H groups in total. The van der Waals surface area contributed by atoms with Crippen molar-refractivity contribution in [2.45, 2.75) is 31.5 Å². The topological polar surface area (TPSA) is 65.4 Å². The van der Waals surface area contributed by atoms with Gasteiger partial charge in [-0.15, -0.1) is 0 Å². The van der Waals surface area contributed by atoms with E-state index in [2.05, 4.69) is 38.1 Å². The fourth-order valence-electron chi connectivity index (χ4n) is 3.44. The van der Waals surface area contributed by atoms with Crippen molar-refractivity contribution < 1.29 is 19.7 Å². The van der Waals surface area contributed by atoms with Crippen LogP contribution < -0.4 is 9.47 Å². The molecule has 0 saturated heterocycles. The fourth-order valence-corrected chi connectivity index (χ4v) is 3.44. The lowest BCUT2D eigenvalue weighted by molar-refractivity contribution is 0.0830. The van der Waals surface area contributed by atoms with E-state index in [0.29, 0.717) is 13.1 Å². The number of benzene rings is 2. The lowest BCUT2D eigenvalue weighted by Crippen LogP contribution is -2.30. The van der Waals surface area contributed by atoms with Gasteiger partial charge in [-0.05, 0) is 63.6 Å². The highest BCUT2D eigenvalue weighted by Crippen LogP contribution is 2.33. The molecule has 2 rings (SSSR count). The maximum atomic E-state index is 9.95. The molecule has 6 heteroatoms. The lowest BCUT2D eigenvalue weighted by atomic mass is 9.78. The van der Waals surface area contributed by atoms with Crippen molar-refractivity contribution in [3.05, 3.63) is 59.7 Å². The predicted octanol–water partition coefficient (Wildman–Crippen LogP) is 2.62. The monoisotopic (exact) mass is 430 g/mol. The minimum Gasteiger partial charge on any atom is -0.491 e. The van der Waals surface area contributed by atoms with Gasteiger partial charge in [0.2, 0.25) is 0 Å². The summed E-state index contributed by atoms with van der Waals surface area (Å²) in [6.07, 6.45) is -1.04. The van der Waals surface area contributed by atoms with Gasteiger partial charge in [0, 0.05) is 18.5 Å². The summed E-state index contributed by atoms with van der Waals surface area (Å²) < 4.78 is 11.4. The molecule has 2 atom stereocenters. The highest BCUT2D eigenvalue weighted by Gasteiger charge is 2.23. The van der Waals surface area contributed by atoms with E-state index in [9.17, 15) is 10.2 Å². The summed E-state index contributed by atoms with van der Waals surface area (Å²) in [5.41, 5.74) is 2.15. The van der Waals surface area contributed by atoms with Gasteiger partial charge in [0.1, 0.15) is 36.9 Å². The van der Waals surface area contributed by atoms with E-state index >= 15 is 0 Å². The zero-order valence-electron chi connectivity index (χ0n) is 19.7.